The zero-order valence-electron chi connectivity index (χ0n) is 13.5. The lowest BCUT2D eigenvalue weighted by Gasteiger charge is -2.18. The van der Waals surface area contributed by atoms with Crippen LogP contribution in [-0.4, -0.2) is 43.0 Å². The van der Waals surface area contributed by atoms with E-state index < -0.39 is 0 Å². The number of hydrogen-bond donors (Lipinski definition) is 1. The van der Waals surface area contributed by atoms with Crippen LogP contribution in [0.1, 0.15) is 24.5 Å². The maximum atomic E-state index is 12.2. The van der Waals surface area contributed by atoms with Gasteiger partial charge in [-0.2, -0.15) is 0 Å². The third-order valence-corrected chi connectivity index (χ3v) is 3.88. The van der Waals surface area contributed by atoms with Crippen LogP contribution in [0.25, 0.3) is 0 Å². The number of aryl methyl sites for hydroxylation is 1. The predicted octanol–water partition coefficient (Wildman–Crippen LogP) is 1.49. The van der Waals surface area contributed by atoms with Gasteiger partial charge in [0, 0.05) is 32.7 Å². The minimum Gasteiger partial charge on any atom is -0.383 e. The second-order valence-corrected chi connectivity index (χ2v) is 6.03. The summed E-state index contributed by atoms with van der Waals surface area (Å²) < 4.78 is 5.01. The molecule has 0 bridgehead atoms. The first-order valence-corrected chi connectivity index (χ1v) is 7.62. The molecule has 1 aliphatic rings. The number of methoxy groups -OCH3 is 1. The summed E-state index contributed by atoms with van der Waals surface area (Å²) in [4.78, 5) is 26.0. The second kappa shape index (κ2) is 7.40. The summed E-state index contributed by atoms with van der Waals surface area (Å²) in [5.74, 6) is -0.290. The fraction of sp³-hybridized carbons (Fsp3) is 0.529. The van der Waals surface area contributed by atoms with Crippen LogP contribution in [0.4, 0.5) is 0 Å². The van der Waals surface area contributed by atoms with Gasteiger partial charge in [0.1, 0.15) is 0 Å². The maximum absolute atomic E-state index is 12.2. The van der Waals surface area contributed by atoms with Crippen molar-refractivity contribution in [3.05, 3.63) is 35.4 Å². The minimum absolute atomic E-state index is 0.0418. The Bertz CT molecular complexity index is 527. The van der Waals surface area contributed by atoms with E-state index in [2.05, 4.69) is 5.32 Å². The monoisotopic (exact) mass is 304 g/mol. The molecule has 5 heteroatoms. The van der Waals surface area contributed by atoms with Gasteiger partial charge in [-0.3, -0.25) is 9.59 Å². The number of rotatable bonds is 6. The highest BCUT2D eigenvalue weighted by molar-refractivity contribution is 5.89. The third kappa shape index (κ3) is 4.31. The highest BCUT2D eigenvalue weighted by atomic mass is 16.5. The predicted molar refractivity (Wildman–Crippen MR) is 84.2 cm³/mol. The zero-order valence-corrected chi connectivity index (χ0v) is 13.5. The summed E-state index contributed by atoms with van der Waals surface area (Å²) in [7, 11) is 1.60. The summed E-state index contributed by atoms with van der Waals surface area (Å²) in [6.45, 7) is 5.45. The molecule has 1 fully saturated rings. The molecule has 2 rings (SSSR count). The molecule has 0 aliphatic carbocycles. The number of nitrogens with zero attached hydrogens (tertiary/aromatic N) is 1. The molecule has 1 aromatic carbocycles. The van der Waals surface area contributed by atoms with Gasteiger partial charge in [-0.15, -0.1) is 0 Å². The standard InChI is InChI=1S/C17H24N2O3/c1-12-4-6-14(7-5-12)9-19-10-15(8-16(19)20)17(21)18-13(2)11-22-3/h4-7,13,15H,8-11H2,1-3H3,(H,18,21). The Morgan fingerprint density at radius 2 is 2.09 bits per heavy atom. The van der Waals surface area contributed by atoms with Crippen molar-refractivity contribution in [2.24, 2.45) is 5.92 Å². The molecule has 1 aromatic rings. The van der Waals surface area contributed by atoms with Crippen molar-refractivity contribution in [3.8, 4) is 0 Å². The van der Waals surface area contributed by atoms with Crippen molar-refractivity contribution in [2.75, 3.05) is 20.3 Å². The highest BCUT2D eigenvalue weighted by Gasteiger charge is 2.34. The first kappa shape index (κ1) is 16.5. The molecule has 0 radical (unpaired) electrons. The highest BCUT2D eigenvalue weighted by Crippen LogP contribution is 2.20. The normalized spacial score (nSPS) is 19.3. The molecule has 2 amide bonds. The minimum atomic E-state index is -0.266. The van der Waals surface area contributed by atoms with E-state index in [1.165, 1.54) is 5.56 Å². The van der Waals surface area contributed by atoms with E-state index in [1.807, 2.05) is 38.1 Å². The number of nitrogens with one attached hydrogen (secondary N) is 1. The van der Waals surface area contributed by atoms with Crippen molar-refractivity contribution < 1.29 is 14.3 Å². The van der Waals surface area contributed by atoms with Crippen LogP contribution < -0.4 is 5.32 Å². The molecule has 1 heterocycles. The number of likely N-dealkylation sites (tertiary alicyclic amines) is 1. The van der Waals surface area contributed by atoms with Gasteiger partial charge in [0.15, 0.2) is 0 Å². The van der Waals surface area contributed by atoms with Crippen LogP contribution in [0.15, 0.2) is 24.3 Å². The molecular weight excluding hydrogens is 280 g/mol. The van der Waals surface area contributed by atoms with E-state index in [0.717, 1.165) is 5.56 Å². The van der Waals surface area contributed by atoms with Crippen molar-refractivity contribution in [2.45, 2.75) is 32.9 Å². The van der Waals surface area contributed by atoms with E-state index in [-0.39, 0.29) is 30.2 Å². The first-order valence-electron chi connectivity index (χ1n) is 7.62. The summed E-state index contributed by atoms with van der Waals surface area (Å²) in [5.41, 5.74) is 2.29. The molecule has 0 spiro atoms. The van der Waals surface area contributed by atoms with Crippen molar-refractivity contribution in [1.29, 1.82) is 0 Å². The molecule has 1 N–H and O–H groups in total. The lowest BCUT2D eigenvalue weighted by Crippen LogP contribution is -2.40. The summed E-state index contributed by atoms with van der Waals surface area (Å²) >= 11 is 0. The fourth-order valence-electron chi connectivity index (χ4n) is 2.67. The number of hydrogen-bond acceptors (Lipinski definition) is 3. The largest absolute Gasteiger partial charge is 0.383 e. The van der Waals surface area contributed by atoms with E-state index >= 15 is 0 Å². The molecule has 22 heavy (non-hydrogen) atoms. The number of carbonyl (C=O) groups excluding carboxylic acids is 2. The Hall–Kier alpha value is -1.88. The SMILES string of the molecule is COCC(C)NC(=O)C1CC(=O)N(Cc2ccc(C)cc2)C1. The van der Waals surface area contributed by atoms with Crippen LogP contribution in [0, 0.1) is 12.8 Å². The molecule has 0 aromatic heterocycles. The Morgan fingerprint density at radius 3 is 2.73 bits per heavy atom. The van der Waals surface area contributed by atoms with Crippen LogP contribution in [0.5, 0.6) is 0 Å². The van der Waals surface area contributed by atoms with Crippen molar-refractivity contribution >= 4 is 11.8 Å². The van der Waals surface area contributed by atoms with Gasteiger partial charge in [-0.05, 0) is 19.4 Å². The summed E-state index contributed by atoms with van der Waals surface area (Å²) in [5, 5.41) is 2.89. The molecule has 5 nitrogen and oxygen atoms in total. The number of ether oxygens (including phenoxy) is 1. The smallest absolute Gasteiger partial charge is 0.225 e. The number of benzene rings is 1. The Kier molecular flexibility index (Phi) is 5.55. The Labute approximate surface area is 131 Å². The molecule has 1 aliphatic heterocycles. The maximum Gasteiger partial charge on any atom is 0.225 e. The Morgan fingerprint density at radius 1 is 1.41 bits per heavy atom. The van der Waals surface area contributed by atoms with Crippen LogP contribution >= 0.6 is 0 Å². The summed E-state index contributed by atoms with van der Waals surface area (Å²) in [6, 6.07) is 8.07. The van der Waals surface area contributed by atoms with Crippen molar-refractivity contribution in [3.63, 3.8) is 0 Å². The topological polar surface area (TPSA) is 58.6 Å². The van der Waals surface area contributed by atoms with Gasteiger partial charge in [-0.25, -0.2) is 0 Å². The molecule has 0 saturated carbocycles. The van der Waals surface area contributed by atoms with E-state index in [9.17, 15) is 9.59 Å². The zero-order chi connectivity index (χ0) is 16.1. The molecule has 2 atom stereocenters. The third-order valence-electron chi connectivity index (χ3n) is 3.88. The quantitative estimate of drug-likeness (QED) is 0.866. The average molecular weight is 304 g/mol. The van der Waals surface area contributed by atoms with Crippen LogP contribution in [0.2, 0.25) is 0 Å². The molecule has 120 valence electrons. The van der Waals surface area contributed by atoms with Gasteiger partial charge < -0.3 is 15.0 Å². The van der Waals surface area contributed by atoms with Gasteiger partial charge in [0.25, 0.3) is 0 Å². The first-order chi connectivity index (χ1) is 10.5. The summed E-state index contributed by atoms with van der Waals surface area (Å²) in [6.07, 6.45) is 0.289. The average Bonchev–Trinajstić information content (AvgIpc) is 2.83. The van der Waals surface area contributed by atoms with Crippen molar-refractivity contribution in [1.82, 2.24) is 10.2 Å². The van der Waals surface area contributed by atoms with Crippen LogP contribution in [0.3, 0.4) is 0 Å². The van der Waals surface area contributed by atoms with Gasteiger partial charge in [-0.1, -0.05) is 29.8 Å². The van der Waals surface area contributed by atoms with E-state index in [1.54, 1.807) is 12.0 Å². The van der Waals surface area contributed by atoms with E-state index in [0.29, 0.717) is 19.7 Å². The fourth-order valence-corrected chi connectivity index (χ4v) is 2.67. The Balaban J connectivity index is 1.90. The van der Waals surface area contributed by atoms with Gasteiger partial charge in [0.2, 0.25) is 11.8 Å². The number of carbonyl (C=O) groups is 2. The molecule has 1 saturated heterocycles. The van der Waals surface area contributed by atoms with Crippen LogP contribution in [-0.2, 0) is 20.9 Å². The molecular formula is C17H24N2O3. The van der Waals surface area contributed by atoms with E-state index in [4.69, 9.17) is 4.74 Å². The van der Waals surface area contributed by atoms with Gasteiger partial charge >= 0.3 is 0 Å². The lowest BCUT2D eigenvalue weighted by atomic mass is 10.1. The van der Waals surface area contributed by atoms with Gasteiger partial charge in [0.05, 0.1) is 12.5 Å². The number of amides is 2. The molecule has 2 unspecified atom stereocenters. The second-order valence-electron chi connectivity index (χ2n) is 6.03. The lowest BCUT2D eigenvalue weighted by molar-refractivity contribution is -0.129.